The Morgan fingerprint density at radius 1 is 2.40 bits per heavy atom. The van der Waals surface area contributed by atoms with Crippen LogP contribution in [0.3, 0.4) is 0 Å². The Morgan fingerprint density at radius 3 is 3.40 bits per heavy atom. The van der Waals surface area contributed by atoms with Gasteiger partial charge in [-0.05, 0) is 6.18 Å². The molecule has 0 atom stereocenters. The van der Waals surface area contributed by atoms with Gasteiger partial charge in [0.1, 0.15) is 0 Å². The lowest BCUT2D eigenvalue weighted by Gasteiger charge is -1.70. The van der Waals surface area contributed by atoms with E-state index in [0.29, 0.717) is 0 Å². The van der Waals surface area contributed by atoms with Crippen molar-refractivity contribution >= 4 is 6.41 Å². The Labute approximate surface area is 34.7 Å². The predicted octanol–water partition coefficient (Wildman–Crippen LogP) is -0.124. The lowest BCUT2D eigenvalue weighted by molar-refractivity contribution is -0.108. The lowest BCUT2D eigenvalue weighted by atomic mass is 11.0. The van der Waals surface area contributed by atoms with Gasteiger partial charge in [0.15, 0.2) is 0 Å². The van der Waals surface area contributed by atoms with Gasteiger partial charge in [-0.1, -0.05) is 6.53 Å². The second-order valence-electron chi connectivity index (χ2n) is 0.387. The molecule has 0 fully saturated rings. The first-order chi connectivity index (χ1) is 3.68. The number of carbonyl (C=O) groups is 1. The van der Waals surface area contributed by atoms with Gasteiger partial charge in [-0.15, -0.1) is 0 Å². The lowest BCUT2D eigenvalue weighted by Crippen LogP contribution is -1.96. The summed E-state index contributed by atoms with van der Waals surface area (Å²) in [6, 6.07) is 0. The molecule has 1 N–H and O–H groups in total. The van der Waals surface area contributed by atoms with Gasteiger partial charge >= 0.3 is 0 Å². The van der Waals surface area contributed by atoms with Crippen molar-refractivity contribution in [2.75, 3.05) is 0 Å². The van der Waals surface area contributed by atoms with Gasteiger partial charge in [0.2, 0.25) is 6.41 Å². The van der Waals surface area contributed by atoms with Gasteiger partial charge in [0, 0.05) is 0 Å². The predicted molar refractivity (Wildman–Crippen MR) is 19.4 cm³/mol. The average Bonchev–Trinajstić information content (AvgIpc) is 1.67. The summed E-state index contributed by atoms with van der Waals surface area (Å²) in [5, 5.41) is 1.84. The molecule has 0 spiro atoms. The van der Waals surface area contributed by atoms with Gasteiger partial charge in [-0.2, -0.15) is 0 Å². The fraction of sp³-hybridized carbons (Fsp3) is 0. The van der Waals surface area contributed by atoms with E-state index in [9.17, 15) is 4.79 Å². The maximum absolute atomic E-state index is 9.49. The van der Waals surface area contributed by atoms with Crippen LogP contribution in [0.1, 0.15) is 4.11 Å². The van der Waals surface area contributed by atoms with Crippen molar-refractivity contribution in [2.24, 2.45) is 0 Å². The minimum absolute atomic E-state index is 0.255. The molecule has 2 nitrogen and oxygen atoms in total. The van der Waals surface area contributed by atoms with E-state index in [-0.39, 0.29) is 6.41 Å². The zero-order valence-electron chi connectivity index (χ0n) is 5.49. The van der Waals surface area contributed by atoms with Gasteiger partial charge in [-0.25, -0.2) is 0 Å². The molecule has 0 aromatic rings. The molecule has 0 aliphatic carbocycles. The zero-order valence-corrected chi connectivity index (χ0v) is 2.49. The summed E-state index contributed by atoms with van der Waals surface area (Å²) in [5.74, 6) is 0. The van der Waals surface area contributed by atoms with Gasteiger partial charge < -0.3 is 5.32 Å². The van der Waals surface area contributed by atoms with Crippen LogP contribution in [0.25, 0.3) is 0 Å². The first-order valence-corrected chi connectivity index (χ1v) is 1.02. The SMILES string of the molecule is [2H]C([2H])=C([2H])NC=O. The third kappa shape index (κ3) is 3.21. The van der Waals surface area contributed by atoms with Crippen LogP contribution in [-0.4, -0.2) is 6.41 Å². The molecule has 0 saturated heterocycles. The Morgan fingerprint density at radius 2 is 3.20 bits per heavy atom. The summed E-state index contributed by atoms with van der Waals surface area (Å²) < 4.78 is 19.4. The van der Waals surface area contributed by atoms with Crippen molar-refractivity contribution < 1.29 is 8.91 Å². The summed E-state index contributed by atoms with van der Waals surface area (Å²) in [5.41, 5.74) is 0. The minimum atomic E-state index is -0.697. The van der Waals surface area contributed by atoms with Crippen LogP contribution in [0.4, 0.5) is 0 Å². The van der Waals surface area contributed by atoms with Crippen LogP contribution in [0.15, 0.2) is 12.7 Å². The Hall–Kier alpha value is -0.790. The Bertz CT molecular complexity index is 118. The van der Waals surface area contributed by atoms with Crippen molar-refractivity contribution in [2.45, 2.75) is 0 Å². The molecule has 0 aromatic carbocycles. The summed E-state index contributed by atoms with van der Waals surface area (Å²) in [6.45, 7) is -0.697. The summed E-state index contributed by atoms with van der Waals surface area (Å²) >= 11 is 0. The molecule has 0 rings (SSSR count). The third-order valence-electron chi connectivity index (χ3n) is 0.131. The zero-order chi connectivity index (χ0) is 6.57. The molecule has 0 aliphatic heterocycles. The van der Waals surface area contributed by atoms with E-state index in [2.05, 4.69) is 0 Å². The van der Waals surface area contributed by atoms with Crippen molar-refractivity contribution in [1.29, 1.82) is 0 Å². The first kappa shape index (κ1) is 1.12. The molecule has 28 valence electrons. The van der Waals surface area contributed by atoms with E-state index in [0.717, 1.165) is 0 Å². The van der Waals surface area contributed by atoms with Crippen LogP contribution >= 0.6 is 0 Å². The van der Waals surface area contributed by atoms with Crippen LogP contribution in [0.5, 0.6) is 0 Å². The van der Waals surface area contributed by atoms with E-state index >= 15 is 0 Å². The highest BCUT2D eigenvalue weighted by molar-refractivity contribution is 5.47. The van der Waals surface area contributed by atoms with Crippen LogP contribution in [-0.2, 0) is 4.79 Å². The standard InChI is InChI=1S/C3H5NO/c1-2-4-3-5/h2-3H,1H2,(H,4,5)/i1D2,2D. The Balaban J connectivity index is 3.79. The molecule has 0 heterocycles. The highest BCUT2D eigenvalue weighted by atomic mass is 16.1. The van der Waals surface area contributed by atoms with Crippen LogP contribution in [0.2, 0.25) is 0 Å². The largest absolute Gasteiger partial charge is 0.336 e. The fourth-order valence-electron chi connectivity index (χ4n) is 0.0295. The number of hydrogen-bond donors (Lipinski definition) is 1. The van der Waals surface area contributed by atoms with Crippen LogP contribution < -0.4 is 5.32 Å². The molecular weight excluding hydrogens is 66.0 g/mol. The molecular formula is C3H5NO. The molecule has 0 unspecified atom stereocenters. The second kappa shape index (κ2) is 3.21. The van der Waals surface area contributed by atoms with E-state index < -0.39 is 12.7 Å². The second-order valence-corrected chi connectivity index (χ2v) is 0.387. The number of rotatable bonds is 2. The molecule has 5 heavy (non-hydrogen) atoms. The molecule has 0 aliphatic rings. The van der Waals surface area contributed by atoms with Crippen LogP contribution in [0, 0.1) is 0 Å². The van der Waals surface area contributed by atoms with E-state index in [1.807, 2.05) is 5.32 Å². The molecule has 0 bridgehead atoms. The van der Waals surface area contributed by atoms with Gasteiger partial charge in [0.05, 0.1) is 4.11 Å². The fourth-order valence-corrected chi connectivity index (χ4v) is 0.0295. The minimum Gasteiger partial charge on any atom is -0.336 e. The van der Waals surface area contributed by atoms with E-state index in [1.54, 1.807) is 0 Å². The van der Waals surface area contributed by atoms with Gasteiger partial charge in [0.25, 0.3) is 0 Å². The number of hydrogen-bond acceptors (Lipinski definition) is 1. The summed E-state index contributed by atoms with van der Waals surface area (Å²) in [7, 11) is 0. The maximum Gasteiger partial charge on any atom is 0.211 e. The van der Waals surface area contributed by atoms with Crippen molar-refractivity contribution in [1.82, 2.24) is 5.32 Å². The Kier molecular flexibility index (Phi) is 0.722. The van der Waals surface area contributed by atoms with Gasteiger partial charge in [-0.3, -0.25) is 4.79 Å². The highest BCUT2D eigenvalue weighted by Gasteiger charge is 1.50. The normalized spacial score (nSPS) is 13.2. The first-order valence-electron chi connectivity index (χ1n) is 2.52. The monoisotopic (exact) mass is 74.1 g/mol. The molecule has 0 aromatic heterocycles. The summed E-state index contributed by atoms with van der Waals surface area (Å²) in [4.78, 5) is 9.49. The summed E-state index contributed by atoms with van der Waals surface area (Å²) in [6.07, 6.45) is -0.231. The van der Waals surface area contributed by atoms with Crippen molar-refractivity contribution in [3.63, 3.8) is 0 Å². The topological polar surface area (TPSA) is 29.1 Å². The smallest absolute Gasteiger partial charge is 0.211 e. The molecule has 2 heteroatoms. The molecule has 0 saturated carbocycles. The van der Waals surface area contributed by atoms with E-state index in [1.165, 1.54) is 0 Å². The number of nitrogens with one attached hydrogen (secondary N) is 1. The van der Waals surface area contributed by atoms with Crippen molar-refractivity contribution in [3.8, 4) is 0 Å². The number of amides is 1. The van der Waals surface area contributed by atoms with Crippen molar-refractivity contribution in [3.05, 3.63) is 12.7 Å². The quantitative estimate of drug-likeness (QED) is 0.454. The maximum atomic E-state index is 9.49. The average molecular weight is 74.1 g/mol. The highest BCUT2D eigenvalue weighted by Crippen LogP contribution is 1.35. The van der Waals surface area contributed by atoms with E-state index in [4.69, 9.17) is 4.11 Å². The molecule has 0 radical (unpaired) electrons. The third-order valence-corrected chi connectivity index (χ3v) is 0.131. The molecule has 1 amide bonds. The number of carbonyl (C=O) groups excluding carboxylic acids is 1.